The minimum atomic E-state index is -0.534. The molecule has 0 aliphatic heterocycles. The Morgan fingerprint density at radius 3 is 2.48 bits per heavy atom. The van der Waals surface area contributed by atoms with Gasteiger partial charge in [-0.3, -0.25) is 10.2 Å². The van der Waals surface area contributed by atoms with Gasteiger partial charge in [-0.05, 0) is 51.8 Å². The second-order valence-electron chi connectivity index (χ2n) is 7.73. The topological polar surface area (TPSA) is 70.7 Å². The maximum Gasteiger partial charge on any atom is 0.422 e. The van der Waals surface area contributed by atoms with Gasteiger partial charge < -0.3 is 10.1 Å². The van der Waals surface area contributed by atoms with Gasteiger partial charge in [-0.25, -0.2) is 14.2 Å². The number of aryl methyl sites for hydroxylation is 1. The molecule has 1 atom stereocenters. The first-order valence-corrected chi connectivity index (χ1v) is 9.99. The van der Waals surface area contributed by atoms with Gasteiger partial charge in [0.1, 0.15) is 11.4 Å². The van der Waals surface area contributed by atoms with E-state index in [0.717, 1.165) is 10.2 Å². The number of nitrogens with one attached hydrogen (secondary N) is 2. The highest BCUT2D eigenvalue weighted by Crippen LogP contribution is 2.26. The highest BCUT2D eigenvalue weighted by molar-refractivity contribution is 9.11. The van der Waals surface area contributed by atoms with Crippen LogP contribution in [0.4, 0.5) is 14.9 Å². The number of anilines is 1. The Morgan fingerprint density at radius 2 is 1.97 bits per heavy atom. The van der Waals surface area contributed by atoms with Gasteiger partial charge in [0.25, 0.3) is 0 Å². The number of carbonyl (C=O) groups is 2. The lowest BCUT2D eigenvalue weighted by molar-refractivity contribution is -0.105. The van der Waals surface area contributed by atoms with Crippen LogP contribution in [0.25, 0.3) is 0 Å². The molecule has 1 aliphatic rings. The first kappa shape index (κ1) is 24.8. The number of halogens is 2. The molecule has 1 unspecified atom stereocenters. The van der Waals surface area contributed by atoms with Crippen molar-refractivity contribution in [2.24, 2.45) is 5.92 Å². The van der Waals surface area contributed by atoms with Crippen LogP contribution in [0, 0.1) is 12.8 Å². The number of hydrogen-bond donors (Lipinski definition) is 2. The van der Waals surface area contributed by atoms with Gasteiger partial charge in [0.15, 0.2) is 0 Å². The second kappa shape index (κ2) is 11.7. The van der Waals surface area contributed by atoms with Crippen molar-refractivity contribution in [3.8, 4) is 0 Å². The first-order chi connectivity index (χ1) is 13.5. The highest BCUT2D eigenvalue weighted by Gasteiger charge is 2.20. The summed E-state index contributed by atoms with van der Waals surface area (Å²) in [7, 11) is 1.72. The van der Waals surface area contributed by atoms with Crippen LogP contribution < -0.4 is 10.7 Å². The Labute approximate surface area is 180 Å². The van der Waals surface area contributed by atoms with E-state index in [4.69, 9.17) is 4.74 Å². The average molecular weight is 470 g/mol. The van der Waals surface area contributed by atoms with Crippen molar-refractivity contribution in [1.29, 1.82) is 0 Å². The van der Waals surface area contributed by atoms with E-state index < -0.39 is 11.7 Å². The second-order valence-corrected chi connectivity index (χ2v) is 8.65. The molecule has 0 bridgehead atoms. The monoisotopic (exact) mass is 469 g/mol. The largest absolute Gasteiger partial charge is 0.443 e. The summed E-state index contributed by atoms with van der Waals surface area (Å²) in [6, 6.07) is 7.63. The SMILES string of the molecule is CN(CC1C=C(Br)C=C(F)C1)NC(=O)OC(C)(C)C.Cc1ccc(NC=O)cc1. The molecular formula is C21H29BrFN3O3. The van der Waals surface area contributed by atoms with Crippen molar-refractivity contribution < 1.29 is 18.7 Å². The summed E-state index contributed by atoms with van der Waals surface area (Å²) >= 11 is 3.26. The molecule has 1 aromatic rings. The lowest BCUT2D eigenvalue weighted by Gasteiger charge is -2.26. The molecular weight excluding hydrogens is 441 g/mol. The maximum atomic E-state index is 13.3. The van der Waals surface area contributed by atoms with Gasteiger partial charge in [-0.2, -0.15) is 0 Å². The third-order valence-electron chi connectivity index (χ3n) is 3.61. The van der Waals surface area contributed by atoms with E-state index in [1.807, 2.05) is 37.3 Å². The number of rotatable bonds is 5. The summed E-state index contributed by atoms with van der Waals surface area (Å²) in [6.45, 7) is 7.91. The Bertz CT molecular complexity index is 743. The molecule has 8 heteroatoms. The van der Waals surface area contributed by atoms with Crippen molar-refractivity contribution in [1.82, 2.24) is 10.4 Å². The molecule has 0 spiro atoms. The Morgan fingerprint density at radius 1 is 1.34 bits per heavy atom. The zero-order valence-corrected chi connectivity index (χ0v) is 19.0. The zero-order chi connectivity index (χ0) is 22.0. The number of carbonyl (C=O) groups excluding carboxylic acids is 2. The van der Waals surface area contributed by atoms with Crippen LogP contribution in [0.1, 0.15) is 32.8 Å². The molecule has 0 aromatic heterocycles. The molecule has 2 rings (SSSR count). The summed E-state index contributed by atoms with van der Waals surface area (Å²) in [5.74, 6) is -0.149. The van der Waals surface area contributed by atoms with Crippen LogP contribution in [-0.4, -0.2) is 36.7 Å². The van der Waals surface area contributed by atoms with E-state index in [1.165, 1.54) is 11.6 Å². The lowest BCUT2D eigenvalue weighted by atomic mass is 10.00. The predicted octanol–water partition coefficient (Wildman–Crippen LogP) is 5.07. The molecule has 0 saturated heterocycles. The molecule has 1 aliphatic carbocycles. The van der Waals surface area contributed by atoms with E-state index in [1.54, 1.807) is 32.8 Å². The van der Waals surface area contributed by atoms with Crippen LogP contribution in [-0.2, 0) is 9.53 Å². The Kier molecular flexibility index (Phi) is 10.0. The summed E-state index contributed by atoms with van der Waals surface area (Å²) in [5.41, 5.74) is 4.09. The van der Waals surface area contributed by atoms with Crippen molar-refractivity contribution in [2.45, 2.75) is 39.7 Å². The smallest absolute Gasteiger partial charge is 0.422 e. The van der Waals surface area contributed by atoms with Crippen molar-refractivity contribution in [2.75, 3.05) is 18.9 Å². The molecule has 1 aromatic carbocycles. The van der Waals surface area contributed by atoms with Crippen LogP contribution >= 0.6 is 15.9 Å². The van der Waals surface area contributed by atoms with E-state index in [-0.39, 0.29) is 11.7 Å². The number of hydrazine groups is 1. The standard InChI is InChI=1S/C13H20BrFN2O2.C8H9NO/c1-13(2,3)19-12(18)16-17(4)8-9-5-10(14)7-11(15)6-9;1-7-2-4-8(5-3-7)9-6-10/h5,7,9H,6,8H2,1-4H3,(H,16,18);2-6H,1H3,(H,9,10). The predicted molar refractivity (Wildman–Crippen MR) is 117 cm³/mol. The minimum Gasteiger partial charge on any atom is -0.443 e. The number of benzene rings is 1. The fraction of sp³-hybridized carbons (Fsp3) is 0.429. The fourth-order valence-electron chi connectivity index (χ4n) is 2.48. The van der Waals surface area contributed by atoms with E-state index in [0.29, 0.717) is 19.4 Å². The third-order valence-corrected chi connectivity index (χ3v) is 4.11. The molecule has 2 amide bonds. The normalized spacial score (nSPS) is 16.1. The van der Waals surface area contributed by atoms with Gasteiger partial charge in [-0.1, -0.05) is 39.7 Å². The molecule has 29 heavy (non-hydrogen) atoms. The molecule has 0 heterocycles. The van der Waals surface area contributed by atoms with Crippen LogP contribution in [0.5, 0.6) is 0 Å². The fourth-order valence-corrected chi connectivity index (χ4v) is 3.10. The number of ether oxygens (including phenoxy) is 1. The Balaban J connectivity index is 0.000000352. The van der Waals surface area contributed by atoms with Crippen molar-refractivity contribution >= 4 is 34.1 Å². The molecule has 0 fully saturated rings. The quantitative estimate of drug-likeness (QED) is 0.466. The van der Waals surface area contributed by atoms with Crippen molar-refractivity contribution in [3.05, 3.63) is 52.3 Å². The molecule has 6 nitrogen and oxygen atoms in total. The zero-order valence-electron chi connectivity index (χ0n) is 17.5. The Hall–Kier alpha value is -2.19. The van der Waals surface area contributed by atoms with E-state index in [2.05, 4.69) is 26.7 Å². The molecule has 0 radical (unpaired) electrons. The lowest BCUT2D eigenvalue weighted by Crippen LogP contribution is -2.44. The average Bonchev–Trinajstić information content (AvgIpc) is 2.54. The summed E-state index contributed by atoms with van der Waals surface area (Å²) in [4.78, 5) is 21.5. The van der Waals surface area contributed by atoms with Crippen LogP contribution in [0.3, 0.4) is 0 Å². The number of amides is 2. The summed E-state index contributed by atoms with van der Waals surface area (Å²) < 4.78 is 19.1. The van der Waals surface area contributed by atoms with Gasteiger partial charge >= 0.3 is 6.09 Å². The first-order valence-electron chi connectivity index (χ1n) is 9.19. The van der Waals surface area contributed by atoms with Crippen LogP contribution in [0.2, 0.25) is 0 Å². The highest BCUT2D eigenvalue weighted by atomic mass is 79.9. The van der Waals surface area contributed by atoms with Crippen molar-refractivity contribution in [3.63, 3.8) is 0 Å². The molecule has 2 N–H and O–H groups in total. The minimum absolute atomic E-state index is 0.0133. The summed E-state index contributed by atoms with van der Waals surface area (Å²) in [5, 5.41) is 4.16. The maximum absolute atomic E-state index is 13.3. The van der Waals surface area contributed by atoms with E-state index in [9.17, 15) is 14.0 Å². The molecule has 0 saturated carbocycles. The van der Waals surface area contributed by atoms with Crippen LogP contribution in [0.15, 0.2) is 46.7 Å². The van der Waals surface area contributed by atoms with Gasteiger partial charge in [0.2, 0.25) is 6.41 Å². The number of hydrogen-bond acceptors (Lipinski definition) is 4. The number of allylic oxidation sites excluding steroid dienone is 3. The molecule has 160 valence electrons. The summed E-state index contributed by atoms with van der Waals surface area (Å²) in [6.07, 6.45) is 3.89. The van der Waals surface area contributed by atoms with Gasteiger partial charge in [0.05, 0.1) is 0 Å². The number of nitrogens with zero attached hydrogens (tertiary/aromatic N) is 1. The van der Waals surface area contributed by atoms with Gasteiger partial charge in [-0.15, -0.1) is 0 Å². The van der Waals surface area contributed by atoms with E-state index >= 15 is 0 Å². The van der Waals surface area contributed by atoms with Gasteiger partial charge in [0, 0.05) is 30.2 Å². The third kappa shape index (κ3) is 11.4.